The van der Waals surface area contributed by atoms with E-state index >= 15 is 0 Å². The first-order valence-corrected chi connectivity index (χ1v) is 5.36. The molecule has 8 heteroatoms. The number of alkyl halides is 3. The third-order valence-electron chi connectivity index (χ3n) is 2.03. The molecule has 0 aliphatic carbocycles. The highest BCUT2D eigenvalue weighted by Crippen LogP contribution is 2.32. The second kappa shape index (κ2) is 6.21. The van der Waals surface area contributed by atoms with Crippen molar-refractivity contribution in [3.05, 3.63) is 22.8 Å². The van der Waals surface area contributed by atoms with Crippen LogP contribution in [0.3, 0.4) is 0 Å². The first-order valence-electron chi connectivity index (χ1n) is 4.98. The van der Waals surface area contributed by atoms with Crippen LogP contribution in [0, 0.1) is 0 Å². The number of nitrogens with one attached hydrogen (secondary N) is 1. The van der Waals surface area contributed by atoms with Gasteiger partial charge in [-0.3, -0.25) is 0 Å². The van der Waals surface area contributed by atoms with Crippen molar-refractivity contribution in [2.24, 2.45) is 0 Å². The smallest absolute Gasteiger partial charge is 0.389 e. The molecular weight excluding hydrogens is 273 g/mol. The van der Waals surface area contributed by atoms with Crippen molar-refractivity contribution in [1.82, 2.24) is 4.98 Å². The van der Waals surface area contributed by atoms with Crippen LogP contribution in [-0.2, 0) is 10.9 Å². The molecule has 0 fully saturated rings. The number of nitrogens with zero attached hydrogens (tertiary/aromatic N) is 1. The van der Waals surface area contributed by atoms with E-state index in [9.17, 15) is 18.3 Å². The first-order chi connectivity index (χ1) is 8.34. The number of aliphatic hydroxyl groups excluding tert-OH is 1. The van der Waals surface area contributed by atoms with Gasteiger partial charge in [0.2, 0.25) is 0 Å². The van der Waals surface area contributed by atoms with Gasteiger partial charge < -0.3 is 15.2 Å². The Kier molecular flexibility index (Phi) is 5.18. The lowest BCUT2D eigenvalue weighted by atomic mass is 10.2. The Morgan fingerprint density at radius 2 is 2.22 bits per heavy atom. The van der Waals surface area contributed by atoms with Gasteiger partial charge in [0.25, 0.3) is 0 Å². The molecule has 1 atom stereocenters. The van der Waals surface area contributed by atoms with Crippen LogP contribution in [0.4, 0.5) is 19.0 Å². The van der Waals surface area contributed by atoms with E-state index in [2.05, 4.69) is 10.3 Å². The van der Waals surface area contributed by atoms with Crippen molar-refractivity contribution < 1.29 is 23.0 Å². The molecule has 0 radical (unpaired) electrons. The second-order valence-electron chi connectivity index (χ2n) is 3.54. The Morgan fingerprint density at radius 1 is 1.56 bits per heavy atom. The minimum absolute atomic E-state index is 0.0753. The summed E-state index contributed by atoms with van der Waals surface area (Å²) >= 11 is 5.66. The summed E-state index contributed by atoms with van der Waals surface area (Å²) in [5.41, 5.74) is -0.921. The molecule has 0 saturated heterocycles. The summed E-state index contributed by atoms with van der Waals surface area (Å²) in [7, 11) is 1.42. The Balaban J connectivity index is 2.69. The predicted octanol–water partition coefficient (Wildman–Crippen LogP) is 2.17. The van der Waals surface area contributed by atoms with Gasteiger partial charge in [-0.2, -0.15) is 13.2 Å². The molecule has 1 rings (SSSR count). The van der Waals surface area contributed by atoms with E-state index in [0.29, 0.717) is 6.20 Å². The summed E-state index contributed by atoms with van der Waals surface area (Å²) in [5.74, 6) is 0.0832. The lowest BCUT2D eigenvalue weighted by molar-refractivity contribution is -0.137. The molecule has 1 aromatic heterocycles. The Hall–Kier alpha value is -1.05. The van der Waals surface area contributed by atoms with Gasteiger partial charge >= 0.3 is 6.18 Å². The van der Waals surface area contributed by atoms with Crippen LogP contribution < -0.4 is 5.32 Å². The normalized spacial score (nSPS) is 13.4. The van der Waals surface area contributed by atoms with E-state index in [1.807, 2.05) is 0 Å². The molecule has 0 bridgehead atoms. The fraction of sp³-hybridized carbons (Fsp3) is 0.500. The van der Waals surface area contributed by atoms with Gasteiger partial charge in [0, 0.05) is 19.9 Å². The molecule has 0 amide bonds. The summed E-state index contributed by atoms with van der Waals surface area (Å²) < 4.78 is 41.7. The Labute approximate surface area is 107 Å². The van der Waals surface area contributed by atoms with Crippen molar-refractivity contribution in [1.29, 1.82) is 0 Å². The van der Waals surface area contributed by atoms with Crippen molar-refractivity contribution in [2.75, 3.05) is 25.6 Å². The third-order valence-corrected chi connectivity index (χ3v) is 2.32. The molecule has 18 heavy (non-hydrogen) atoms. The van der Waals surface area contributed by atoms with Crippen LogP contribution in [0.25, 0.3) is 0 Å². The highest BCUT2D eigenvalue weighted by Gasteiger charge is 2.31. The van der Waals surface area contributed by atoms with Gasteiger partial charge in [-0.25, -0.2) is 4.98 Å². The number of rotatable bonds is 5. The average molecular weight is 285 g/mol. The fourth-order valence-corrected chi connectivity index (χ4v) is 1.42. The SMILES string of the molecule is COCC(O)CNc1ncc(C(F)(F)F)cc1Cl. The van der Waals surface area contributed by atoms with Crippen LogP contribution in [-0.4, -0.2) is 36.5 Å². The second-order valence-corrected chi connectivity index (χ2v) is 3.95. The quantitative estimate of drug-likeness (QED) is 0.870. The monoisotopic (exact) mass is 284 g/mol. The number of hydrogen-bond donors (Lipinski definition) is 2. The largest absolute Gasteiger partial charge is 0.417 e. The molecule has 1 heterocycles. The van der Waals surface area contributed by atoms with Crippen LogP contribution >= 0.6 is 11.6 Å². The van der Waals surface area contributed by atoms with Crippen LogP contribution in [0.1, 0.15) is 5.56 Å². The van der Waals surface area contributed by atoms with Crippen molar-refractivity contribution in [2.45, 2.75) is 12.3 Å². The number of methoxy groups -OCH3 is 1. The maximum Gasteiger partial charge on any atom is 0.417 e. The molecule has 1 unspecified atom stereocenters. The summed E-state index contributed by atoms with van der Waals surface area (Å²) in [4.78, 5) is 3.56. The number of anilines is 1. The van der Waals surface area contributed by atoms with E-state index < -0.39 is 17.8 Å². The lowest BCUT2D eigenvalue weighted by Crippen LogP contribution is -2.24. The van der Waals surface area contributed by atoms with E-state index in [1.165, 1.54) is 7.11 Å². The van der Waals surface area contributed by atoms with Gasteiger partial charge in [0.15, 0.2) is 0 Å². The zero-order valence-corrected chi connectivity index (χ0v) is 10.2. The number of hydrogen-bond acceptors (Lipinski definition) is 4. The molecule has 2 N–H and O–H groups in total. The maximum atomic E-state index is 12.3. The van der Waals surface area contributed by atoms with Gasteiger partial charge in [0.1, 0.15) is 5.82 Å². The molecular formula is C10H12ClF3N2O2. The van der Waals surface area contributed by atoms with E-state index in [0.717, 1.165) is 6.07 Å². The zero-order chi connectivity index (χ0) is 13.8. The van der Waals surface area contributed by atoms with Crippen molar-refractivity contribution >= 4 is 17.4 Å². The first kappa shape index (κ1) is 15.0. The molecule has 0 aliphatic heterocycles. The van der Waals surface area contributed by atoms with Crippen molar-refractivity contribution in [3.8, 4) is 0 Å². The average Bonchev–Trinajstić information content (AvgIpc) is 2.26. The molecule has 0 aromatic carbocycles. The predicted molar refractivity (Wildman–Crippen MR) is 60.6 cm³/mol. The third kappa shape index (κ3) is 4.32. The highest BCUT2D eigenvalue weighted by molar-refractivity contribution is 6.32. The molecule has 102 valence electrons. The van der Waals surface area contributed by atoms with Crippen LogP contribution in [0.15, 0.2) is 12.3 Å². The minimum Gasteiger partial charge on any atom is -0.389 e. The van der Waals surface area contributed by atoms with Gasteiger partial charge in [-0.1, -0.05) is 11.6 Å². The van der Waals surface area contributed by atoms with Gasteiger partial charge in [-0.05, 0) is 6.07 Å². The molecule has 0 aliphatic rings. The number of ether oxygens (including phenoxy) is 1. The summed E-state index contributed by atoms with van der Waals surface area (Å²) in [6, 6.07) is 0.777. The molecule has 0 spiro atoms. The lowest BCUT2D eigenvalue weighted by Gasteiger charge is -2.13. The maximum absolute atomic E-state index is 12.3. The van der Waals surface area contributed by atoms with Crippen LogP contribution in [0.2, 0.25) is 5.02 Å². The fourth-order valence-electron chi connectivity index (χ4n) is 1.19. The van der Waals surface area contributed by atoms with Gasteiger partial charge in [0.05, 0.1) is 23.3 Å². The number of halogens is 4. The molecule has 1 aromatic rings. The Morgan fingerprint density at radius 3 is 2.72 bits per heavy atom. The minimum atomic E-state index is -4.48. The summed E-state index contributed by atoms with van der Waals surface area (Å²) in [5, 5.41) is 11.8. The number of aromatic nitrogens is 1. The van der Waals surface area contributed by atoms with Crippen LogP contribution in [0.5, 0.6) is 0 Å². The van der Waals surface area contributed by atoms with Gasteiger partial charge in [-0.15, -0.1) is 0 Å². The highest BCUT2D eigenvalue weighted by atomic mass is 35.5. The number of aliphatic hydroxyl groups is 1. The molecule has 4 nitrogen and oxygen atoms in total. The summed E-state index contributed by atoms with van der Waals surface area (Å²) in [6.07, 6.45) is -4.60. The topological polar surface area (TPSA) is 54.4 Å². The van der Waals surface area contributed by atoms with E-state index in [-0.39, 0.29) is 24.0 Å². The number of pyridine rings is 1. The van der Waals surface area contributed by atoms with E-state index in [4.69, 9.17) is 16.3 Å². The zero-order valence-electron chi connectivity index (χ0n) is 9.46. The van der Waals surface area contributed by atoms with E-state index in [1.54, 1.807) is 0 Å². The van der Waals surface area contributed by atoms with Crippen molar-refractivity contribution in [3.63, 3.8) is 0 Å². The standard InChI is InChI=1S/C10H12ClF3N2O2/c1-18-5-7(17)4-16-9-8(11)2-6(3-15-9)10(12,13)14/h2-3,7,17H,4-5H2,1H3,(H,15,16). The molecule has 0 saturated carbocycles. The summed E-state index contributed by atoms with van der Waals surface area (Å²) in [6.45, 7) is 0.178. The Bertz CT molecular complexity index is 401.